The highest BCUT2D eigenvalue weighted by atomic mass is 16.5. The van der Waals surface area contributed by atoms with Gasteiger partial charge in [0.2, 0.25) is 5.95 Å². The van der Waals surface area contributed by atoms with Crippen molar-refractivity contribution in [3.05, 3.63) is 60.2 Å². The van der Waals surface area contributed by atoms with Crippen molar-refractivity contribution in [1.82, 2.24) is 29.9 Å². The second-order valence-corrected chi connectivity index (χ2v) is 6.37. The van der Waals surface area contributed by atoms with Gasteiger partial charge in [0.15, 0.2) is 0 Å². The molecule has 0 atom stereocenters. The zero-order chi connectivity index (χ0) is 20.5. The molecule has 5 rings (SSSR count). The molecule has 8 bridgehead atoms. The second kappa shape index (κ2) is 7.24. The van der Waals surface area contributed by atoms with Crippen LogP contribution in [0, 0.1) is 13.8 Å². The molecule has 0 amide bonds. The molecular formula is C20H15N7O3. The zero-order valence-corrected chi connectivity index (χ0v) is 16.0. The number of hydrogen-bond acceptors (Lipinski definition) is 10. The number of aryl methyl sites for hydroxylation is 2. The first-order chi connectivity index (χ1) is 14.6. The topological polar surface area (TPSA) is 117 Å². The second-order valence-electron chi connectivity index (χ2n) is 6.37. The van der Waals surface area contributed by atoms with Gasteiger partial charge < -0.3 is 19.5 Å². The fourth-order valence-electron chi connectivity index (χ4n) is 2.77. The molecule has 1 aliphatic rings. The molecule has 2 aromatic heterocycles. The molecule has 0 unspecified atom stereocenters. The lowest BCUT2D eigenvalue weighted by atomic mass is 10.3. The molecule has 0 radical (unpaired) electrons. The van der Waals surface area contributed by atoms with E-state index in [9.17, 15) is 0 Å². The summed E-state index contributed by atoms with van der Waals surface area (Å²) < 4.78 is 17.4. The Labute approximate surface area is 171 Å². The van der Waals surface area contributed by atoms with E-state index in [4.69, 9.17) is 14.2 Å². The first-order valence-electron chi connectivity index (χ1n) is 9.05. The van der Waals surface area contributed by atoms with Crippen LogP contribution in [-0.2, 0) is 0 Å². The lowest BCUT2D eigenvalue weighted by molar-refractivity contribution is 0.391. The Morgan fingerprint density at radius 2 is 1.13 bits per heavy atom. The van der Waals surface area contributed by atoms with E-state index in [2.05, 4.69) is 35.2 Å². The van der Waals surface area contributed by atoms with E-state index in [1.807, 2.05) is 12.1 Å². The van der Waals surface area contributed by atoms with Crippen molar-refractivity contribution in [2.75, 3.05) is 5.32 Å². The first-order valence-corrected chi connectivity index (χ1v) is 9.05. The van der Waals surface area contributed by atoms with E-state index in [-0.39, 0.29) is 18.0 Å². The van der Waals surface area contributed by atoms with E-state index < -0.39 is 0 Å². The quantitative estimate of drug-likeness (QED) is 0.406. The monoisotopic (exact) mass is 401 g/mol. The van der Waals surface area contributed by atoms with Crippen LogP contribution in [0.4, 0.5) is 11.6 Å². The van der Waals surface area contributed by atoms with Gasteiger partial charge in [-0.15, -0.1) is 4.98 Å². The van der Waals surface area contributed by atoms with Crippen molar-refractivity contribution in [3.63, 3.8) is 0 Å². The summed E-state index contributed by atoms with van der Waals surface area (Å²) in [6.07, 6.45) is 0. The summed E-state index contributed by atoms with van der Waals surface area (Å²) in [6, 6.07) is 14.6. The van der Waals surface area contributed by atoms with Crippen molar-refractivity contribution >= 4 is 11.6 Å². The number of anilines is 2. The average molecular weight is 401 g/mol. The summed E-state index contributed by atoms with van der Waals surface area (Å²) in [7, 11) is 0. The van der Waals surface area contributed by atoms with Crippen LogP contribution in [0.2, 0.25) is 0 Å². The normalized spacial score (nSPS) is 12.1. The van der Waals surface area contributed by atoms with Crippen molar-refractivity contribution < 1.29 is 14.2 Å². The molecule has 30 heavy (non-hydrogen) atoms. The molecule has 4 aromatic rings. The predicted molar refractivity (Wildman–Crippen MR) is 106 cm³/mol. The van der Waals surface area contributed by atoms with Crippen LogP contribution < -0.4 is 19.5 Å². The summed E-state index contributed by atoms with van der Waals surface area (Å²) in [5, 5.41) is 3.13. The third kappa shape index (κ3) is 3.92. The average Bonchev–Trinajstić information content (AvgIpc) is 2.67. The van der Waals surface area contributed by atoms with Crippen molar-refractivity contribution in [2.24, 2.45) is 0 Å². The maximum Gasteiger partial charge on any atom is 0.328 e. The summed E-state index contributed by atoms with van der Waals surface area (Å²) in [6.45, 7) is 3.49. The molecule has 0 saturated heterocycles. The van der Waals surface area contributed by atoms with Gasteiger partial charge >= 0.3 is 18.0 Å². The van der Waals surface area contributed by atoms with Gasteiger partial charge in [0.1, 0.15) is 28.9 Å². The van der Waals surface area contributed by atoms with Gasteiger partial charge in [0.05, 0.1) is 0 Å². The molecule has 3 heterocycles. The Kier molecular flexibility index (Phi) is 4.28. The highest BCUT2D eigenvalue weighted by Crippen LogP contribution is 2.29. The minimum absolute atomic E-state index is 0.106. The van der Waals surface area contributed by atoms with Crippen molar-refractivity contribution in [2.45, 2.75) is 13.8 Å². The Balaban J connectivity index is 1.63. The predicted octanol–water partition coefficient (Wildman–Crippen LogP) is 4.11. The van der Waals surface area contributed by atoms with Gasteiger partial charge in [-0.2, -0.15) is 24.9 Å². The summed E-state index contributed by atoms with van der Waals surface area (Å²) >= 11 is 0. The molecule has 148 valence electrons. The van der Waals surface area contributed by atoms with Gasteiger partial charge in [-0.05, 0) is 38.1 Å². The van der Waals surface area contributed by atoms with E-state index in [1.165, 1.54) is 0 Å². The van der Waals surface area contributed by atoms with Crippen molar-refractivity contribution in [1.29, 1.82) is 0 Å². The lowest BCUT2D eigenvalue weighted by Crippen LogP contribution is -2.04. The molecular weight excluding hydrogens is 386 g/mol. The molecule has 1 aliphatic heterocycles. The minimum Gasteiger partial charge on any atom is -0.424 e. The van der Waals surface area contributed by atoms with Gasteiger partial charge in [0.25, 0.3) is 0 Å². The number of rotatable bonds is 0. The van der Waals surface area contributed by atoms with Gasteiger partial charge in [-0.25, -0.2) is 0 Å². The Morgan fingerprint density at radius 1 is 0.600 bits per heavy atom. The maximum atomic E-state index is 5.81. The number of hydrogen-bond donors (Lipinski definition) is 1. The van der Waals surface area contributed by atoms with Gasteiger partial charge in [0, 0.05) is 17.8 Å². The molecule has 1 N–H and O–H groups in total. The van der Waals surface area contributed by atoms with E-state index in [0.29, 0.717) is 40.5 Å². The van der Waals surface area contributed by atoms with Crippen LogP contribution in [0.3, 0.4) is 0 Å². The minimum atomic E-state index is 0.106. The van der Waals surface area contributed by atoms with Crippen LogP contribution in [0.1, 0.15) is 11.6 Å². The van der Waals surface area contributed by atoms with Gasteiger partial charge in [-0.1, -0.05) is 12.1 Å². The fraction of sp³-hybridized carbons (Fsp3) is 0.100. The number of fused-ring (bicyclic) bond motifs is 8. The number of nitrogens with zero attached hydrogens (tertiary/aromatic N) is 6. The maximum absolute atomic E-state index is 5.81. The smallest absolute Gasteiger partial charge is 0.328 e. The van der Waals surface area contributed by atoms with Crippen molar-refractivity contribution in [3.8, 4) is 35.3 Å². The van der Waals surface area contributed by atoms with Gasteiger partial charge in [-0.3, -0.25) is 0 Å². The molecule has 0 spiro atoms. The zero-order valence-electron chi connectivity index (χ0n) is 16.0. The van der Waals surface area contributed by atoms with Crippen LogP contribution in [0.25, 0.3) is 0 Å². The van der Waals surface area contributed by atoms with Crippen LogP contribution in [-0.4, -0.2) is 29.9 Å². The SMILES string of the molecule is Cc1nc2nc(n1)Oc1cccc(c1)Oc1nc(C)nc(n1)Oc1cccc(c1)N2. The molecule has 0 saturated carbocycles. The van der Waals surface area contributed by atoms with E-state index in [0.717, 1.165) is 0 Å². The Hall–Kier alpha value is -4.34. The Bertz CT molecular complexity index is 1070. The highest BCUT2D eigenvalue weighted by molar-refractivity contribution is 5.56. The first kappa shape index (κ1) is 17.7. The van der Waals surface area contributed by atoms with E-state index >= 15 is 0 Å². The number of benzene rings is 2. The summed E-state index contributed by atoms with van der Waals surface area (Å²) in [4.78, 5) is 25.6. The number of aromatic nitrogens is 6. The lowest BCUT2D eigenvalue weighted by Gasteiger charge is -2.12. The van der Waals surface area contributed by atoms with Crippen LogP contribution in [0.15, 0.2) is 48.5 Å². The number of nitrogens with one attached hydrogen (secondary N) is 1. The molecule has 10 heteroatoms. The molecule has 2 aromatic carbocycles. The standard InChI is InChI=1S/C20H15N7O3/c1-11-21-17-25-13-5-3-6-14(9-13)28-19-23-12(2)24-20(27-19)30-16-8-4-7-15(10-16)29-18(22-11)26-17/h3-10H,1-2H3,(H,21,22,25,26). The molecule has 0 aliphatic carbocycles. The third-order valence-electron chi connectivity index (χ3n) is 3.96. The highest BCUT2D eigenvalue weighted by Gasteiger charge is 2.12. The Morgan fingerprint density at radius 3 is 1.80 bits per heavy atom. The molecule has 0 fully saturated rings. The fourth-order valence-corrected chi connectivity index (χ4v) is 2.77. The van der Waals surface area contributed by atoms with E-state index in [1.54, 1.807) is 50.2 Å². The van der Waals surface area contributed by atoms with Crippen LogP contribution in [0.5, 0.6) is 35.3 Å². The van der Waals surface area contributed by atoms with Crippen LogP contribution >= 0.6 is 0 Å². The largest absolute Gasteiger partial charge is 0.424 e. The molecule has 10 nitrogen and oxygen atoms in total. The summed E-state index contributed by atoms with van der Waals surface area (Å²) in [5.41, 5.74) is 0.709. The third-order valence-corrected chi connectivity index (χ3v) is 3.96. The number of ether oxygens (including phenoxy) is 3. The summed E-state index contributed by atoms with van der Waals surface area (Å²) in [5.74, 6) is 2.79.